The maximum absolute atomic E-state index is 8.75. The van der Waals surface area contributed by atoms with Crippen LogP contribution < -0.4 is 5.73 Å². The number of rotatable bonds is 1. The summed E-state index contributed by atoms with van der Waals surface area (Å²) in [5, 5.41) is 8.75. The van der Waals surface area contributed by atoms with Gasteiger partial charge in [0.2, 0.25) is 0 Å². The molecular formula is C6H7BrN2O. The second-order valence-corrected chi connectivity index (χ2v) is 2.58. The van der Waals surface area contributed by atoms with E-state index < -0.39 is 0 Å². The van der Waals surface area contributed by atoms with Crippen LogP contribution in [0.3, 0.4) is 0 Å². The molecule has 0 spiro atoms. The lowest BCUT2D eigenvalue weighted by molar-refractivity contribution is 0.281. The first-order valence-electron chi connectivity index (χ1n) is 2.75. The van der Waals surface area contributed by atoms with E-state index in [0.29, 0.717) is 15.9 Å². The predicted octanol–water partition coefficient (Wildman–Crippen LogP) is 0.919. The minimum Gasteiger partial charge on any atom is -0.398 e. The van der Waals surface area contributed by atoms with Crippen molar-refractivity contribution in [1.82, 2.24) is 4.98 Å². The number of aliphatic hydroxyl groups excluding tert-OH is 1. The third-order valence-electron chi connectivity index (χ3n) is 1.20. The summed E-state index contributed by atoms with van der Waals surface area (Å²) < 4.78 is 0.606. The van der Waals surface area contributed by atoms with Crippen molar-refractivity contribution >= 4 is 21.6 Å². The molecule has 0 fully saturated rings. The van der Waals surface area contributed by atoms with Crippen LogP contribution in [0.25, 0.3) is 0 Å². The third-order valence-corrected chi connectivity index (χ3v) is 1.88. The Morgan fingerprint density at radius 1 is 1.70 bits per heavy atom. The summed E-state index contributed by atoms with van der Waals surface area (Å²) in [5.74, 6) is 0. The number of nitrogens with two attached hydrogens (primary N) is 1. The molecule has 54 valence electrons. The summed E-state index contributed by atoms with van der Waals surface area (Å²) in [6, 6.07) is 1.65. The molecule has 0 saturated heterocycles. The summed E-state index contributed by atoms with van der Waals surface area (Å²) in [4.78, 5) is 3.89. The van der Waals surface area contributed by atoms with Crippen LogP contribution in [0.4, 0.5) is 5.69 Å². The first-order chi connectivity index (χ1) is 4.75. The molecule has 0 saturated carbocycles. The van der Waals surface area contributed by atoms with E-state index in [-0.39, 0.29) is 6.61 Å². The van der Waals surface area contributed by atoms with Crippen LogP contribution in [0.15, 0.2) is 16.9 Å². The first-order valence-corrected chi connectivity index (χ1v) is 3.54. The predicted molar refractivity (Wildman–Crippen MR) is 42.3 cm³/mol. The van der Waals surface area contributed by atoms with Crippen LogP contribution >= 0.6 is 15.9 Å². The van der Waals surface area contributed by atoms with Crippen molar-refractivity contribution in [3.63, 3.8) is 0 Å². The molecule has 0 atom stereocenters. The van der Waals surface area contributed by atoms with Gasteiger partial charge >= 0.3 is 0 Å². The summed E-state index contributed by atoms with van der Waals surface area (Å²) >= 11 is 3.16. The number of aliphatic hydroxyl groups is 1. The molecule has 0 aromatic carbocycles. The van der Waals surface area contributed by atoms with E-state index in [0.717, 1.165) is 0 Å². The molecule has 0 aliphatic heterocycles. The van der Waals surface area contributed by atoms with Gasteiger partial charge in [-0.05, 0) is 22.0 Å². The minimum atomic E-state index is -0.0831. The zero-order valence-corrected chi connectivity index (χ0v) is 6.80. The standard InChI is InChI=1S/C6H7BrN2O/c7-6-4(3-10)5(8)1-2-9-6/h1-2,10H,3H2,(H2,8,9). The number of nitrogen functional groups attached to an aromatic ring is 1. The summed E-state index contributed by atoms with van der Waals surface area (Å²) in [7, 11) is 0. The number of hydrogen-bond donors (Lipinski definition) is 2. The highest BCUT2D eigenvalue weighted by molar-refractivity contribution is 9.10. The van der Waals surface area contributed by atoms with Crippen molar-refractivity contribution in [3.05, 3.63) is 22.4 Å². The van der Waals surface area contributed by atoms with E-state index in [4.69, 9.17) is 10.8 Å². The van der Waals surface area contributed by atoms with Gasteiger partial charge in [0.25, 0.3) is 0 Å². The monoisotopic (exact) mass is 202 g/mol. The first kappa shape index (κ1) is 7.50. The van der Waals surface area contributed by atoms with E-state index in [1.165, 1.54) is 0 Å². The van der Waals surface area contributed by atoms with Crippen LogP contribution in [0.1, 0.15) is 5.56 Å². The van der Waals surface area contributed by atoms with Crippen molar-refractivity contribution in [2.75, 3.05) is 5.73 Å². The Morgan fingerprint density at radius 2 is 2.40 bits per heavy atom. The van der Waals surface area contributed by atoms with Gasteiger partial charge < -0.3 is 10.8 Å². The maximum Gasteiger partial charge on any atom is 0.113 e. The van der Waals surface area contributed by atoms with Gasteiger partial charge in [-0.1, -0.05) is 0 Å². The quantitative estimate of drug-likeness (QED) is 0.667. The molecule has 3 nitrogen and oxygen atoms in total. The lowest BCUT2D eigenvalue weighted by atomic mass is 10.2. The van der Waals surface area contributed by atoms with E-state index >= 15 is 0 Å². The summed E-state index contributed by atoms with van der Waals surface area (Å²) in [6.45, 7) is -0.0831. The zero-order chi connectivity index (χ0) is 7.56. The molecule has 0 amide bonds. The fourth-order valence-corrected chi connectivity index (χ4v) is 1.11. The largest absolute Gasteiger partial charge is 0.398 e. The lowest BCUT2D eigenvalue weighted by Crippen LogP contribution is -1.96. The molecular weight excluding hydrogens is 196 g/mol. The van der Waals surface area contributed by atoms with Gasteiger partial charge in [-0.15, -0.1) is 0 Å². The molecule has 0 unspecified atom stereocenters. The molecule has 1 aromatic rings. The van der Waals surface area contributed by atoms with E-state index in [1.54, 1.807) is 12.3 Å². The molecule has 0 radical (unpaired) electrons. The Hall–Kier alpha value is -0.610. The number of hydrogen-bond acceptors (Lipinski definition) is 3. The van der Waals surface area contributed by atoms with E-state index in [2.05, 4.69) is 20.9 Å². The Kier molecular flexibility index (Phi) is 2.24. The van der Waals surface area contributed by atoms with Crippen molar-refractivity contribution < 1.29 is 5.11 Å². The Morgan fingerprint density at radius 3 is 2.80 bits per heavy atom. The van der Waals surface area contributed by atoms with Gasteiger partial charge in [0, 0.05) is 17.4 Å². The highest BCUT2D eigenvalue weighted by atomic mass is 79.9. The highest BCUT2D eigenvalue weighted by Gasteiger charge is 2.01. The fraction of sp³-hybridized carbons (Fsp3) is 0.167. The molecule has 4 heteroatoms. The second kappa shape index (κ2) is 2.98. The normalized spacial score (nSPS) is 9.80. The highest BCUT2D eigenvalue weighted by Crippen LogP contribution is 2.18. The minimum absolute atomic E-state index is 0.0831. The smallest absolute Gasteiger partial charge is 0.113 e. The van der Waals surface area contributed by atoms with Crippen molar-refractivity contribution in [2.24, 2.45) is 0 Å². The van der Waals surface area contributed by atoms with Gasteiger partial charge in [0.05, 0.1) is 6.61 Å². The third kappa shape index (κ3) is 1.27. The molecule has 1 heterocycles. The molecule has 10 heavy (non-hydrogen) atoms. The topological polar surface area (TPSA) is 59.1 Å². The van der Waals surface area contributed by atoms with Gasteiger partial charge in [-0.2, -0.15) is 0 Å². The van der Waals surface area contributed by atoms with E-state index in [9.17, 15) is 0 Å². The lowest BCUT2D eigenvalue weighted by Gasteiger charge is -2.01. The summed E-state index contributed by atoms with van der Waals surface area (Å²) in [6.07, 6.45) is 1.58. The Balaban J connectivity index is 3.17. The Bertz CT molecular complexity index is 219. The van der Waals surface area contributed by atoms with Crippen molar-refractivity contribution in [1.29, 1.82) is 0 Å². The van der Waals surface area contributed by atoms with Crippen molar-refractivity contribution in [2.45, 2.75) is 6.61 Å². The van der Waals surface area contributed by atoms with Crippen LogP contribution in [0.5, 0.6) is 0 Å². The van der Waals surface area contributed by atoms with Gasteiger partial charge in [-0.25, -0.2) is 4.98 Å². The Labute approximate surface area is 67.0 Å². The van der Waals surface area contributed by atoms with Crippen LogP contribution in [-0.2, 0) is 6.61 Å². The van der Waals surface area contributed by atoms with Gasteiger partial charge in [0.1, 0.15) is 4.60 Å². The number of anilines is 1. The number of halogens is 1. The fourth-order valence-electron chi connectivity index (χ4n) is 0.637. The van der Waals surface area contributed by atoms with Crippen molar-refractivity contribution in [3.8, 4) is 0 Å². The van der Waals surface area contributed by atoms with Crippen LogP contribution in [0, 0.1) is 0 Å². The van der Waals surface area contributed by atoms with Crippen LogP contribution in [0.2, 0.25) is 0 Å². The SMILES string of the molecule is Nc1ccnc(Br)c1CO. The average Bonchev–Trinajstić information content (AvgIpc) is 1.88. The average molecular weight is 203 g/mol. The summed E-state index contributed by atoms with van der Waals surface area (Å²) in [5.41, 5.74) is 6.70. The number of pyridine rings is 1. The molecule has 1 rings (SSSR count). The van der Waals surface area contributed by atoms with Gasteiger partial charge in [-0.3, -0.25) is 0 Å². The zero-order valence-electron chi connectivity index (χ0n) is 5.21. The molecule has 0 aliphatic rings. The molecule has 0 bridgehead atoms. The number of nitrogens with zero attached hydrogens (tertiary/aromatic N) is 1. The maximum atomic E-state index is 8.75. The van der Waals surface area contributed by atoms with E-state index in [1.807, 2.05) is 0 Å². The molecule has 0 aliphatic carbocycles. The molecule has 1 aromatic heterocycles. The van der Waals surface area contributed by atoms with Gasteiger partial charge in [0.15, 0.2) is 0 Å². The molecule has 3 N–H and O–H groups in total. The van der Waals surface area contributed by atoms with Crippen LogP contribution in [-0.4, -0.2) is 10.1 Å². The number of aromatic nitrogens is 1. The second-order valence-electron chi connectivity index (χ2n) is 1.83.